The molecule has 2 rings (SSSR count). The highest BCUT2D eigenvalue weighted by molar-refractivity contribution is 5.83. The zero-order valence-corrected chi connectivity index (χ0v) is 13.9. The minimum Gasteiger partial charge on any atom is -0.481 e. The van der Waals surface area contributed by atoms with Gasteiger partial charge in [0.1, 0.15) is 5.78 Å². The van der Waals surface area contributed by atoms with Crippen LogP contribution in [0.5, 0.6) is 0 Å². The topological polar surface area (TPSA) is 54.4 Å². The molecule has 1 aromatic carbocycles. The van der Waals surface area contributed by atoms with Crippen LogP contribution in [0.25, 0.3) is 0 Å². The number of Topliss-reactive ketones (excluding diaryl/α,β-unsaturated/α-hetero) is 1. The van der Waals surface area contributed by atoms with Crippen molar-refractivity contribution >= 4 is 11.8 Å². The Morgan fingerprint density at radius 2 is 1.78 bits per heavy atom. The van der Waals surface area contributed by atoms with Crippen LogP contribution in [0.15, 0.2) is 30.3 Å². The third-order valence-corrected chi connectivity index (χ3v) is 5.05. The molecule has 126 valence electrons. The second-order valence-electron chi connectivity index (χ2n) is 6.74. The molecular formula is C20H28O3. The van der Waals surface area contributed by atoms with Gasteiger partial charge in [0, 0.05) is 18.8 Å². The standard InChI is InChI=1S/C20H28O3/c21-19-15-14-17(13-12-16-8-4-3-5-9-16)18(19)10-6-1-2-7-11-20(22)23/h3-5,8-9,17-18H,1-2,6-7,10-15H2,(H,22,23)/t17-,18+/m0/s1. The summed E-state index contributed by atoms with van der Waals surface area (Å²) in [6.07, 6.45) is 9.05. The molecule has 0 bridgehead atoms. The number of carboxylic acids is 1. The molecule has 0 spiro atoms. The summed E-state index contributed by atoms with van der Waals surface area (Å²) in [5.74, 6) is 0.533. The van der Waals surface area contributed by atoms with Gasteiger partial charge in [-0.2, -0.15) is 0 Å². The zero-order valence-electron chi connectivity index (χ0n) is 13.9. The summed E-state index contributed by atoms with van der Waals surface area (Å²) in [6.45, 7) is 0. The molecule has 0 heterocycles. The first-order valence-electron chi connectivity index (χ1n) is 8.95. The third-order valence-electron chi connectivity index (χ3n) is 5.05. The van der Waals surface area contributed by atoms with Crippen molar-refractivity contribution in [1.29, 1.82) is 0 Å². The van der Waals surface area contributed by atoms with Crippen LogP contribution in [0, 0.1) is 11.8 Å². The number of benzene rings is 1. The van der Waals surface area contributed by atoms with E-state index in [2.05, 4.69) is 24.3 Å². The van der Waals surface area contributed by atoms with E-state index in [0.717, 1.165) is 57.8 Å². The summed E-state index contributed by atoms with van der Waals surface area (Å²) in [5.41, 5.74) is 1.36. The maximum Gasteiger partial charge on any atom is 0.303 e. The lowest BCUT2D eigenvalue weighted by Gasteiger charge is -2.18. The van der Waals surface area contributed by atoms with Crippen LogP contribution in [0.1, 0.15) is 63.4 Å². The number of hydrogen-bond donors (Lipinski definition) is 1. The fraction of sp³-hybridized carbons (Fsp3) is 0.600. The summed E-state index contributed by atoms with van der Waals surface area (Å²) in [7, 11) is 0. The van der Waals surface area contributed by atoms with Gasteiger partial charge in [0.2, 0.25) is 0 Å². The van der Waals surface area contributed by atoms with Crippen molar-refractivity contribution in [3.05, 3.63) is 35.9 Å². The van der Waals surface area contributed by atoms with Gasteiger partial charge in [-0.15, -0.1) is 0 Å². The third kappa shape index (κ3) is 6.17. The molecule has 0 radical (unpaired) electrons. The lowest BCUT2D eigenvalue weighted by molar-refractivity contribution is -0.137. The van der Waals surface area contributed by atoms with E-state index >= 15 is 0 Å². The van der Waals surface area contributed by atoms with Crippen molar-refractivity contribution in [3.8, 4) is 0 Å². The highest BCUT2D eigenvalue weighted by Gasteiger charge is 2.33. The first-order valence-corrected chi connectivity index (χ1v) is 8.95. The van der Waals surface area contributed by atoms with E-state index in [4.69, 9.17) is 5.11 Å². The van der Waals surface area contributed by atoms with E-state index in [9.17, 15) is 9.59 Å². The van der Waals surface area contributed by atoms with Crippen molar-refractivity contribution in [1.82, 2.24) is 0 Å². The van der Waals surface area contributed by atoms with Gasteiger partial charge in [0.15, 0.2) is 0 Å². The van der Waals surface area contributed by atoms with E-state index in [0.29, 0.717) is 11.7 Å². The van der Waals surface area contributed by atoms with Crippen LogP contribution in [0.4, 0.5) is 0 Å². The normalized spacial score (nSPS) is 20.8. The molecular weight excluding hydrogens is 288 g/mol. The Hall–Kier alpha value is -1.64. The highest BCUT2D eigenvalue weighted by Crippen LogP contribution is 2.35. The lowest BCUT2D eigenvalue weighted by atomic mass is 9.86. The molecule has 1 aliphatic carbocycles. The Balaban J connectivity index is 1.68. The Kier molecular flexibility index (Phi) is 7.31. The largest absolute Gasteiger partial charge is 0.481 e. The monoisotopic (exact) mass is 316 g/mol. The fourth-order valence-electron chi connectivity index (χ4n) is 3.71. The van der Waals surface area contributed by atoms with Crippen molar-refractivity contribution in [3.63, 3.8) is 0 Å². The molecule has 0 saturated heterocycles. The summed E-state index contributed by atoms with van der Waals surface area (Å²) in [5, 5.41) is 8.62. The second-order valence-corrected chi connectivity index (χ2v) is 6.74. The predicted molar refractivity (Wildman–Crippen MR) is 91.3 cm³/mol. The number of carbonyl (C=O) groups is 2. The first-order chi connectivity index (χ1) is 11.2. The van der Waals surface area contributed by atoms with Crippen LogP contribution in [-0.2, 0) is 16.0 Å². The average molecular weight is 316 g/mol. The van der Waals surface area contributed by atoms with Gasteiger partial charge in [-0.1, -0.05) is 49.6 Å². The van der Waals surface area contributed by atoms with Crippen LogP contribution in [-0.4, -0.2) is 16.9 Å². The van der Waals surface area contributed by atoms with Crippen LogP contribution < -0.4 is 0 Å². The van der Waals surface area contributed by atoms with E-state index in [1.807, 2.05) is 6.07 Å². The smallest absolute Gasteiger partial charge is 0.303 e. The van der Waals surface area contributed by atoms with Crippen molar-refractivity contribution in [2.45, 2.75) is 64.2 Å². The SMILES string of the molecule is O=C(O)CCCCCC[C@H]1C(=O)CC[C@@H]1CCc1ccccc1. The van der Waals surface area contributed by atoms with Crippen LogP contribution >= 0.6 is 0 Å². The number of aryl methyl sites for hydroxylation is 1. The lowest BCUT2D eigenvalue weighted by Crippen LogP contribution is -2.15. The van der Waals surface area contributed by atoms with Gasteiger partial charge >= 0.3 is 5.97 Å². The molecule has 1 N–H and O–H groups in total. The van der Waals surface area contributed by atoms with Gasteiger partial charge in [-0.05, 0) is 43.6 Å². The van der Waals surface area contributed by atoms with Crippen molar-refractivity contribution < 1.29 is 14.7 Å². The zero-order chi connectivity index (χ0) is 16.5. The molecule has 2 atom stereocenters. The minimum absolute atomic E-state index is 0.248. The van der Waals surface area contributed by atoms with Crippen LogP contribution in [0.3, 0.4) is 0 Å². The van der Waals surface area contributed by atoms with Crippen molar-refractivity contribution in [2.75, 3.05) is 0 Å². The molecule has 0 aromatic heterocycles. The summed E-state index contributed by atoms with van der Waals surface area (Å²) < 4.78 is 0. The fourth-order valence-corrected chi connectivity index (χ4v) is 3.71. The van der Waals surface area contributed by atoms with E-state index in [1.165, 1.54) is 5.56 Å². The Morgan fingerprint density at radius 1 is 1.04 bits per heavy atom. The minimum atomic E-state index is -0.711. The van der Waals surface area contributed by atoms with Gasteiger partial charge in [0.05, 0.1) is 0 Å². The molecule has 1 fully saturated rings. The summed E-state index contributed by atoms with van der Waals surface area (Å²) in [6, 6.07) is 10.5. The predicted octanol–water partition coefficient (Wildman–Crippen LogP) is 4.64. The molecule has 3 heteroatoms. The first kappa shape index (κ1) is 17.7. The molecule has 1 aromatic rings. The van der Waals surface area contributed by atoms with Gasteiger partial charge in [-0.3, -0.25) is 9.59 Å². The Bertz CT molecular complexity index is 495. The summed E-state index contributed by atoms with van der Waals surface area (Å²) >= 11 is 0. The molecule has 1 aliphatic rings. The van der Waals surface area contributed by atoms with Crippen molar-refractivity contribution in [2.24, 2.45) is 11.8 Å². The average Bonchev–Trinajstić information content (AvgIpc) is 2.90. The number of unbranched alkanes of at least 4 members (excludes halogenated alkanes) is 3. The molecule has 0 unspecified atom stereocenters. The number of hydrogen-bond acceptors (Lipinski definition) is 2. The maximum absolute atomic E-state index is 12.1. The molecule has 3 nitrogen and oxygen atoms in total. The van der Waals surface area contributed by atoms with E-state index < -0.39 is 5.97 Å². The second kappa shape index (κ2) is 9.49. The van der Waals surface area contributed by atoms with Crippen LogP contribution in [0.2, 0.25) is 0 Å². The Labute approximate surface area is 139 Å². The van der Waals surface area contributed by atoms with Gasteiger partial charge in [0.25, 0.3) is 0 Å². The van der Waals surface area contributed by atoms with Gasteiger partial charge < -0.3 is 5.11 Å². The quantitative estimate of drug-likeness (QED) is 0.640. The molecule has 0 amide bonds. The Morgan fingerprint density at radius 3 is 2.52 bits per heavy atom. The maximum atomic E-state index is 12.1. The summed E-state index contributed by atoms with van der Waals surface area (Å²) in [4.78, 5) is 22.6. The molecule has 23 heavy (non-hydrogen) atoms. The highest BCUT2D eigenvalue weighted by atomic mass is 16.4. The number of aliphatic carboxylic acids is 1. The van der Waals surface area contributed by atoms with E-state index in [1.54, 1.807) is 0 Å². The number of carboxylic acid groups (broad SMARTS) is 1. The number of carbonyl (C=O) groups excluding carboxylic acids is 1. The molecule has 0 aliphatic heterocycles. The molecule has 1 saturated carbocycles. The number of ketones is 1. The van der Waals surface area contributed by atoms with Gasteiger partial charge in [-0.25, -0.2) is 0 Å². The number of rotatable bonds is 10. The van der Waals surface area contributed by atoms with E-state index in [-0.39, 0.29) is 12.3 Å².